The molecule has 82 valence electrons. The van der Waals surface area contributed by atoms with Gasteiger partial charge in [-0.2, -0.15) is 0 Å². The third kappa shape index (κ3) is 2.23. The van der Waals surface area contributed by atoms with Gasteiger partial charge in [-0.15, -0.1) is 0 Å². The van der Waals surface area contributed by atoms with Gasteiger partial charge in [0.05, 0.1) is 14.2 Å². The molecule has 1 aromatic carbocycles. The Balaban J connectivity index is 2.10. The predicted octanol–water partition coefficient (Wildman–Crippen LogP) is 1.91. The lowest BCUT2D eigenvalue weighted by atomic mass is 10.1. The first kappa shape index (κ1) is 10.3. The summed E-state index contributed by atoms with van der Waals surface area (Å²) in [6.07, 6.45) is 1.33. The van der Waals surface area contributed by atoms with Gasteiger partial charge in [-0.3, -0.25) is 4.90 Å². The fraction of sp³-hybridized carbons (Fsp3) is 0.500. The van der Waals surface area contributed by atoms with Crippen LogP contribution in [0.15, 0.2) is 18.2 Å². The van der Waals surface area contributed by atoms with Crippen LogP contribution < -0.4 is 9.47 Å². The number of ether oxygens (including phenoxy) is 2. The van der Waals surface area contributed by atoms with E-state index < -0.39 is 0 Å². The SMILES string of the molecule is COc1ccc(CN2CCC2)cc1OC. The molecule has 0 radical (unpaired) electrons. The Kier molecular flexibility index (Phi) is 3.11. The molecule has 1 heterocycles. The summed E-state index contributed by atoms with van der Waals surface area (Å²) in [6.45, 7) is 3.45. The Morgan fingerprint density at radius 2 is 1.87 bits per heavy atom. The van der Waals surface area contributed by atoms with Crippen LogP contribution in [0, 0.1) is 0 Å². The van der Waals surface area contributed by atoms with E-state index in [2.05, 4.69) is 17.0 Å². The molecule has 1 saturated heterocycles. The van der Waals surface area contributed by atoms with Gasteiger partial charge in [-0.25, -0.2) is 0 Å². The van der Waals surface area contributed by atoms with Crippen LogP contribution in [0.3, 0.4) is 0 Å². The molecule has 3 nitrogen and oxygen atoms in total. The van der Waals surface area contributed by atoms with Crippen molar-refractivity contribution >= 4 is 0 Å². The highest BCUT2D eigenvalue weighted by molar-refractivity contribution is 5.42. The fourth-order valence-corrected chi connectivity index (χ4v) is 1.78. The van der Waals surface area contributed by atoms with Crippen molar-refractivity contribution < 1.29 is 9.47 Å². The second-order valence-electron chi connectivity index (χ2n) is 3.82. The molecule has 1 fully saturated rings. The second kappa shape index (κ2) is 4.53. The molecule has 1 aliphatic rings. The minimum absolute atomic E-state index is 0.796. The van der Waals surface area contributed by atoms with Crippen LogP contribution >= 0.6 is 0 Å². The summed E-state index contributed by atoms with van der Waals surface area (Å²) in [5, 5.41) is 0. The molecule has 0 atom stereocenters. The average Bonchev–Trinajstić information content (AvgIpc) is 2.23. The molecule has 0 saturated carbocycles. The standard InChI is InChI=1S/C12H17NO2/c1-14-11-5-4-10(8-12(11)15-2)9-13-6-3-7-13/h4-5,8H,3,6-7,9H2,1-2H3. The van der Waals surface area contributed by atoms with Gasteiger partial charge in [0, 0.05) is 6.54 Å². The van der Waals surface area contributed by atoms with Crippen molar-refractivity contribution in [2.75, 3.05) is 27.3 Å². The molecule has 1 aliphatic heterocycles. The highest BCUT2D eigenvalue weighted by Crippen LogP contribution is 2.28. The summed E-state index contributed by atoms with van der Waals surface area (Å²) in [5.74, 6) is 1.61. The molecule has 0 unspecified atom stereocenters. The first-order valence-electron chi connectivity index (χ1n) is 5.27. The van der Waals surface area contributed by atoms with E-state index in [-0.39, 0.29) is 0 Å². The van der Waals surface area contributed by atoms with Crippen molar-refractivity contribution in [3.8, 4) is 11.5 Å². The molecule has 15 heavy (non-hydrogen) atoms. The lowest BCUT2D eigenvalue weighted by Crippen LogP contribution is -2.36. The van der Waals surface area contributed by atoms with Crippen LogP contribution in [0.2, 0.25) is 0 Å². The predicted molar refractivity (Wildman–Crippen MR) is 59.4 cm³/mol. The van der Waals surface area contributed by atoms with Crippen LogP contribution in [0.1, 0.15) is 12.0 Å². The van der Waals surface area contributed by atoms with Gasteiger partial charge >= 0.3 is 0 Å². The molecular weight excluding hydrogens is 190 g/mol. The molecule has 1 aromatic rings. The van der Waals surface area contributed by atoms with Crippen LogP contribution in [0.25, 0.3) is 0 Å². The molecule has 0 aromatic heterocycles. The molecule has 3 heteroatoms. The zero-order valence-corrected chi connectivity index (χ0v) is 9.32. The highest BCUT2D eigenvalue weighted by atomic mass is 16.5. The molecule has 0 bridgehead atoms. The van der Waals surface area contributed by atoms with E-state index in [1.54, 1.807) is 14.2 Å². The summed E-state index contributed by atoms with van der Waals surface area (Å²) in [7, 11) is 3.33. The topological polar surface area (TPSA) is 21.7 Å². The molecule has 0 aliphatic carbocycles. The van der Waals surface area contributed by atoms with Crippen molar-refractivity contribution in [2.24, 2.45) is 0 Å². The number of likely N-dealkylation sites (tertiary alicyclic amines) is 1. The highest BCUT2D eigenvalue weighted by Gasteiger charge is 2.14. The van der Waals surface area contributed by atoms with E-state index in [1.165, 1.54) is 25.1 Å². The van der Waals surface area contributed by atoms with Gasteiger partial charge in [-0.05, 0) is 37.2 Å². The molecule has 0 spiro atoms. The van der Waals surface area contributed by atoms with Crippen molar-refractivity contribution in [3.63, 3.8) is 0 Å². The molecular formula is C12H17NO2. The lowest BCUT2D eigenvalue weighted by molar-refractivity contribution is 0.172. The quantitative estimate of drug-likeness (QED) is 0.752. The Hall–Kier alpha value is -1.22. The normalized spacial score (nSPS) is 15.9. The Morgan fingerprint density at radius 3 is 2.40 bits per heavy atom. The first-order chi connectivity index (χ1) is 7.33. The maximum absolute atomic E-state index is 5.27. The van der Waals surface area contributed by atoms with E-state index >= 15 is 0 Å². The van der Waals surface area contributed by atoms with Crippen LogP contribution in [0.5, 0.6) is 11.5 Å². The van der Waals surface area contributed by atoms with Crippen LogP contribution in [-0.4, -0.2) is 32.2 Å². The summed E-state index contributed by atoms with van der Waals surface area (Å²) in [5.41, 5.74) is 1.28. The third-order valence-electron chi connectivity index (χ3n) is 2.80. The minimum Gasteiger partial charge on any atom is -0.493 e. The van der Waals surface area contributed by atoms with Crippen molar-refractivity contribution in [1.82, 2.24) is 4.90 Å². The van der Waals surface area contributed by atoms with E-state index in [4.69, 9.17) is 9.47 Å². The number of rotatable bonds is 4. The van der Waals surface area contributed by atoms with Gasteiger partial charge in [0.15, 0.2) is 11.5 Å². The van der Waals surface area contributed by atoms with Gasteiger partial charge in [0.25, 0.3) is 0 Å². The fourth-order valence-electron chi connectivity index (χ4n) is 1.78. The number of methoxy groups -OCH3 is 2. The van der Waals surface area contributed by atoms with Gasteiger partial charge in [-0.1, -0.05) is 6.07 Å². The van der Waals surface area contributed by atoms with E-state index in [1.807, 2.05) is 6.07 Å². The molecule has 2 rings (SSSR count). The van der Waals surface area contributed by atoms with Crippen molar-refractivity contribution in [2.45, 2.75) is 13.0 Å². The number of hydrogen-bond acceptors (Lipinski definition) is 3. The molecule has 0 N–H and O–H groups in total. The summed E-state index contributed by atoms with van der Waals surface area (Å²) < 4.78 is 10.5. The summed E-state index contributed by atoms with van der Waals surface area (Å²) in [4.78, 5) is 2.42. The zero-order valence-electron chi connectivity index (χ0n) is 9.32. The summed E-state index contributed by atoms with van der Waals surface area (Å²) in [6, 6.07) is 6.12. The monoisotopic (exact) mass is 207 g/mol. The Labute approximate surface area is 90.6 Å². The zero-order chi connectivity index (χ0) is 10.7. The van der Waals surface area contributed by atoms with Crippen LogP contribution in [-0.2, 0) is 6.54 Å². The maximum atomic E-state index is 5.27. The van der Waals surface area contributed by atoms with Gasteiger partial charge < -0.3 is 9.47 Å². The Bertz CT molecular complexity index is 334. The minimum atomic E-state index is 0.796. The third-order valence-corrected chi connectivity index (χ3v) is 2.80. The second-order valence-corrected chi connectivity index (χ2v) is 3.82. The lowest BCUT2D eigenvalue weighted by Gasteiger charge is -2.30. The Morgan fingerprint density at radius 1 is 1.13 bits per heavy atom. The van der Waals surface area contributed by atoms with Gasteiger partial charge in [0.1, 0.15) is 0 Å². The largest absolute Gasteiger partial charge is 0.493 e. The van der Waals surface area contributed by atoms with E-state index in [0.717, 1.165) is 18.0 Å². The number of hydrogen-bond donors (Lipinski definition) is 0. The van der Waals surface area contributed by atoms with Crippen LogP contribution in [0.4, 0.5) is 0 Å². The number of nitrogens with zero attached hydrogens (tertiary/aromatic N) is 1. The van der Waals surface area contributed by atoms with Crippen molar-refractivity contribution in [1.29, 1.82) is 0 Å². The van der Waals surface area contributed by atoms with Gasteiger partial charge in [0.2, 0.25) is 0 Å². The molecule has 0 amide bonds. The average molecular weight is 207 g/mol. The van der Waals surface area contributed by atoms with Crippen molar-refractivity contribution in [3.05, 3.63) is 23.8 Å². The smallest absolute Gasteiger partial charge is 0.161 e. The van der Waals surface area contributed by atoms with E-state index in [0.29, 0.717) is 0 Å². The van der Waals surface area contributed by atoms with E-state index in [9.17, 15) is 0 Å². The summed E-state index contributed by atoms with van der Waals surface area (Å²) >= 11 is 0. The first-order valence-corrected chi connectivity index (χ1v) is 5.27. The maximum Gasteiger partial charge on any atom is 0.161 e. The number of benzene rings is 1.